The second kappa shape index (κ2) is 11.6. The maximum Gasteiger partial charge on any atom is 0.408 e. The molecule has 242 valence electrons. The number of likely N-dealkylation sites (tertiary alicyclic amines) is 1. The molecule has 7 atom stereocenters. The van der Waals surface area contributed by atoms with Gasteiger partial charge >= 0.3 is 6.09 Å². The lowest BCUT2D eigenvalue weighted by Crippen LogP contribution is -2.60. The molecule has 0 radical (unpaired) electrons. The van der Waals surface area contributed by atoms with Gasteiger partial charge in [-0.2, -0.15) is 5.26 Å². The first kappa shape index (κ1) is 31.3. The summed E-state index contributed by atoms with van der Waals surface area (Å²) >= 11 is 0. The Morgan fingerprint density at radius 2 is 1.82 bits per heavy atom. The van der Waals surface area contributed by atoms with E-state index in [2.05, 4.69) is 35.9 Å². The zero-order valence-electron chi connectivity index (χ0n) is 26.6. The molecule has 0 aromatic heterocycles. The summed E-state index contributed by atoms with van der Waals surface area (Å²) in [4.78, 5) is 55.3. The van der Waals surface area contributed by atoms with Crippen molar-refractivity contribution in [2.75, 3.05) is 6.54 Å². The van der Waals surface area contributed by atoms with Crippen LogP contribution in [0.4, 0.5) is 4.79 Å². The highest BCUT2D eigenvalue weighted by molar-refractivity contribution is 5.93. The minimum absolute atomic E-state index is 0.0449. The van der Waals surface area contributed by atoms with Crippen molar-refractivity contribution in [3.63, 3.8) is 0 Å². The van der Waals surface area contributed by atoms with E-state index < -0.39 is 42.1 Å². The number of rotatable bonds is 11. The number of alkyl carbamates (subject to hydrolysis) is 1. The van der Waals surface area contributed by atoms with Crippen LogP contribution in [0.3, 0.4) is 0 Å². The number of hydrogen-bond donors (Lipinski definition) is 3. The van der Waals surface area contributed by atoms with Crippen LogP contribution in [0.2, 0.25) is 0 Å². The molecule has 1 aromatic rings. The third-order valence-electron chi connectivity index (χ3n) is 11.1. The van der Waals surface area contributed by atoms with E-state index >= 15 is 0 Å². The maximum atomic E-state index is 14.3. The van der Waals surface area contributed by atoms with Gasteiger partial charge in [0, 0.05) is 18.0 Å². The van der Waals surface area contributed by atoms with Crippen LogP contribution in [0.25, 0.3) is 0 Å². The van der Waals surface area contributed by atoms with E-state index in [4.69, 9.17) is 9.47 Å². The van der Waals surface area contributed by atoms with Gasteiger partial charge in [0.05, 0.1) is 17.8 Å². The summed E-state index contributed by atoms with van der Waals surface area (Å²) in [6, 6.07) is 8.70. The van der Waals surface area contributed by atoms with E-state index in [9.17, 15) is 24.4 Å². The van der Waals surface area contributed by atoms with E-state index in [-0.39, 0.29) is 53.2 Å². The summed E-state index contributed by atoms with van der Waals surface area (Å²) in [5.41, 5.74) is 0.162. The molecular formula is C34H45N5O6. The van der Waals surface area contributed by atoms with Crippen molar-refractivity contribution in [1.29, 1.82) is 5.26 Å². The number of nitriles is 1. The monoisotopic (exact) mass is 619 g/mol. The minimum Gasteiger partial charge on any atom is -0.445 e. The summed E-state index contributed by atoms with van der Waals surface area (Å²) in [6.07, 6.45) is 4.14. The van der Waals surface area contributed by atoms with Crippen LogP contribution < -0.4 is 16.0 Å². The third-order valence-corrected chi connectivity index (χ3v) is 11.1. The van der Waals surface area contributed by atoms with Crippen LogP contribution in [0.5, 0.6) is 0 Å². The van der Waals surface area contributed by atoms with Crippen molar-refractivity contribution in [2.45, 2.75) is 115 Å². The highest BCUT2D eigenvalue weighted by atomic mass is 16.6. The number of piperidine rings is 1. The molecule has 0 bridgehead atoms. The van der Waals surface area contributed by atoms with E-state index in [0.29, 0.717) is 13.0 Å². The molecule has 2 saturated heterocycles. The third kappa shape index (κ3) is 6.26. The number of ether oxygens (including phenoxy) is 2. The maximum absolute atomic E-state index is 14.3. The van der Waals surface area contributed by atoms with Crippen molar-refractivity contribution in [3.05, 3.63) is 35.9 Å². The van der Waals surface area contributed by atoms with Gasteiger partial charge in [0.1, 0.15) is 24.7 Å². The first-order chi connectivity index (χ1) is 21.3. The van der Waals surface area contributed by atoms with Gasteiger partial charge in [0.25, 0.3) is 0 Å². The van der Waals surface area contributed by atoms with Crippen LogP contribution in [0.15, 0.2) is 30.3 Å². The Balaban J connectivity index is 1.16. The Morgan fingerprint density at radius 3 is 2.42 bits per heavy atom. The molecule has 11 nitrogen and oxygen atoms in total. The molecule has 45 heavy (non-hydrogen) atoms. The lowest BCUT2D eigenvalue weighted by Gasteiger charge is -2.42. The van der Waals surface area contributed by atoms with Crippen molar-refractivity contribution in [3.8, 4) is 6.07 Å². The SMILES string of the molecule is C[C@@H](OC1(C)CCC1)[C@H](NC(=O)OCc1ccccc1)C(=O)N1C[C@H]2[C@@H]([C@H]1C(=O)N[C@H](C#N)C[C@@H]1CC3(CC3)NC1=O)C2(C)C. The fourth-order valence-electron chi connectivity index (χ4n) is 7.91. The van der Waals surface area contributed by atoms with Crippen LogP contribution in [0.1, 0.15) is 78.2 Å². The van der Waals surface area contributed by atoms with Crippen LogP contribution in [0, 0.1) is 34.5 Å². The van der Waals surface area contributed by atoms with Gasteiger partial charge in [0.2, 0.25) is 17.7 Å². The standard InChI is InChI=1S/C34H45N5O6/c1-20(45-33(4)11-8-12-33)26(37-31(43)44-19-21-9-6-5-7-10-21)30(42)39-18-24-25(32(24,2)3)27(39)29(41)36-23(17-35)15-22-16-34(13-14-34)38-28(22)40/h5-7,9-10,20,22-27H,8,11-16,18-19H2,1-4H3,(H,36,41)(H,37,43)(H,38,40)/t20-,22-,23+,24+,25+,26+,27+/m1/s1. The average molecular weight is 620 g/mol. The smallest absolute Gasteiger partial charge is 0.408 e. The Morgan fingerprint density at radius 1 is 1.11 bits per heavy atom. The second-order valence-corrected chi connectivity index (χ2v) is 14.8. The normalized spacial score (nSPS) is 29.7. The Labute approximate surface area is 264 Å². The lowest BCUT2D eigenvalue weighted by atomic mass is 9.81. The first-order valence-electron chi connectivity index (χ1n) is 16.3. The quantitative estimate of drug-likeness (QED) is 0.344. The Bertz CT molecular complexity index is 1380. The van der Waals surface area contributed by atoms with Crippen molar-refractivity contribution in [1.82, 2.24) is 20.9 Å². The minimum atomic E-state index is -1.08. The number of fused-ring (bicyclic) bond motifs is 1. The molecular weight excluding hydrogens is 574 g/mol. The van der Waals surface area contributed by atoms with E-state index in [1.54, 1.807) is 11.8 Å². The first-order valence-corrected chi connectivity index (χ1v) is 16.3. The number of nitrogens with zero attached hydrogens (tertiary/aromatic N) is 2. The van der Waals surface area contributed by atoms with Crippen molar-refractivity contribution < 1.29 is 28.7 Å². The van der Waals surface area contributed by atoms with Gasteiger partial charge in [-0.3, -0.25) is 14.4 Å². The Hall–Kier alpha value is -3.65. The number of amides is 4. The van der Waals surface area contributed by atoms with Gasteiger partial charge in [0.15, 0.2) is 0 Å². The van der Waals surface area contributed by atoms with Gasteiger partial charge in [-0.05, 0) is 81.6 Å². The highest BCUT2D eigenvalue weighted by Gasteiger charge is 2.70. The molecule has 4 amide bonds. The summed E-state index contributed by atoms with van der Waals surface area (Å²) < 4.78 is 11.8. The molecule has 2 aliphatic heterocycles. The van der Waals surface area contributed by atoms with Gasteiger partial charge < -0.3 is 30.3 Å². The zero-order valence-corrected chi connectivity index (χ0v) is 26.6. The molecule has 3 N–H and O–H groups in total. The van der Waals surface area contributed by atoms with E-state index in [1.165, 1.54) is 0 Å². The molecule has 0 unspecified atom stereocenters. The molecule has 5 aliphatic rings. The average Bonchev–Trinajstić information content (AvgIpc) is 3.72. The second-order valence-electron chi connectivity index (χ2n) is 14.8. The number of carbonyl (C=O) groups excluding carboxylic acids is 4. The molecule has 11 heteroatoms. The predicted octanol–water partition coefficient (Wildman–Crippen LogP) is 3.18. The topological polar surface area (TPSA) is 150 Å². The number of nitrogens with one attached hydrogen (secondary N) is 3. The molecule has 2 heterocycles. The molecule has 1 spiro atoms. The van der Waals surface area contributed by atoms with Crippen molar-refractivity contribution in [2.24, 2.45) is 23.2 Å². The van der Waals surface area contributed by atoms with Crippen LogP contribution in [-0.2, 0) is 30.5 Å². The van der Waals surface area contributed by atoms with Gasteiger partial charge in [-0.25, -0.2) is 4.79 Å². The largest absolute Gasteiger partial charge is 0.445 e. The number of hydrogen-bond acceptors (Lipinski definition) is 7. The van der Waals surface area contributed by atoms with Crippen LogP contribution in [-0.4, -0.2) is 70.6 Å². The van der Waals surface area contributed by atoms with Gasteiger partial charge in [-0.1, -0.05) is 44.2 Å². The number of carbonyl (C=O) groups is 4. The summed E-state index contributed by atoms with van der Waals surface area (Å²) in [5.74, 6) is -1.19. The summed E-state index contributed by atoms with van der Waals surface area (Å²) in [5, 5.41) is 18.6. The summed E-state index contributed by atoms with van der Waals surface area (Å²) in [6.45, 7) is 8.35. The molecule has 3 aliphatic carbocycles. The zero-order chi connectivity index (χ0) is 32.1. The van der Waals surface area contributed by atoms with Crippen LogP contribution >= 0.6 is 0 Å². The lowest BCUT2D eigenvalue weighted by molar-refractivity contribution is -0.156. The molecule has 5 fully saturated rings. The molecule has 1 aromatic carbocycles. The summed E-state index contributed by atoms with van der Waals surface area (Å²) in [7, 11) is 0. The van der Waals surface area contributed by atoms with E-state index in [1.807, 2.05) is 37.3 Å². The van der Waals surface area contributed by atoms with Gasteiger partial charge in [-0.15, -0.1) is 0 Å². The highest BCUT2D eigenvalue weighted by Crippen LogP contribution is 2.65. The van der Waals surface area contributed by atoms with E-state index in [0.717, 1.165) is 37.7 Å². The number of benzene rings is 1. The fourth-order valence-corrected chi connectivity index (χ4v) is 7.91. The van der Waals surface area contributed by atoms with Crippen molar-refractivity contribution >= 4 is 23.8 Å². The molecule has 6 rings (SSSR count). The predicted molar refractivity (Wildman–Crippen MR) is 163 cm³/mol. The fraction of sp³-hybridized carbons (Fsp3) is 0.676. The molecule has 3 saturated carbocycles. The Kier molecular flexibility index (Phi) is 8.09.